The number of ketones is 1. The van der Waals surface area contributed by atoms with Gasteiger partial charge >= 0.3 is 0 Å². The minimum Gasteiger partial charge on any atom is -0.378 e. The van der Waals surface area contributed by atoms with Crippen LogP contribution in [-0.2, 0) is 16.1 Å². The first-order valence-electron chi connectivity index (χ1n) is 6.30. The van der Waals surface area contributed by atoms with Gasteiger partial charge in [0.1, 0.15) is 0 Å². The second kappa shape index (κ2) is 4.78. The molecule has 3 nitrogen and oxygen atoms in total. The molecule has 2 bridgehead atoms. The number of ether oxygens (including phenoxy) is 1. The summed E-state index contributed by atoms with van der Waals surface area (Å²) in [5.41, 5.74) is 1.15. The highest BCUT2D eigenvalue weighted by Gasteiger charge is 2.45. The third-order valence-electron chi connectivity index (χ3n) is 3.78. The number of nitrogens with zero attached hydrogens (tertiary/aromatic N) is 1. The molecule has 4 heteroatoms. The molecule has 1 aromatic carbocycles. The van der Waals surface area contributed by atoms with Gasteiger partial charge in [-0.05, 0) is 5.56 Å². The predicted molar refractivity (Wildman–Crippen MR) is 64.9 cm³/mol. The van der Waals surface area contributed by atoms with Crippen molar-refractivity contribution in [3.63, 3.8) is 0 Å². The Morgan fingerprint density at radius 2 is 2.06 bits per heavy atom. The van der Waals surface area contributed by atoms with Crippen LogP contribution >= 0.6 is 0 Å². The number of benzene rings is 1. The summed E-state index contributed by atoms with van der Waals surface area (Å²) in [5, 5.41) is 0. The smallest absolute Gasteiger partial charge is 0.176 e. The second-order valence-electron chi connectivity index (χ2n) is 4.99. The Hall–Kier alpha value is -1.26. The van der Waals surface area contributed by atoms with Gasteiger partial charge in [-0.1, -0.05) is 30.3 Å². The van der Waals surface area contributed by atoms with Crippen LogP contribution in [0.15, 0.2) is 30.3 Å². The van der Waals surface area contributed by atoms with Gasteiger partial charge in [-0.3, -0.25) is 9.69 Å². The fourth-order valence-corrected chi connectivity index (χ4v) is 2.82. The van der Waals surface area contributed by atoms with Crippen molar-refractivity contribution in [3.05, 3.63) is 35.9 Å². The highest BCUT2D eigenvalue weighted by molar-refractivity contribution is 5.85. The Balaban J connectivity index is 1.81. The number of morpholine rings is 1. The Morgan fingerprint density at radius 3 is 2.83 bits per heavy atom. The Bertz CT molecular complexity index is 437. The van der Waals surface area contributed by atoms with Crippen LogP contribution in [0.4, 0.5) is 4.39 Å². The van der Waals surface area contributed by atoms with Crippen molar-refractivity contribution in [2.75, 3.05) is 13.2 Å². The van der Waals surface area contributed by atoms with Gasteiger partial charge in [0.25, 0.3) is 0 Å². The molecule has 0 N–H and O–H groups in total. The molecule has 96 valence electrons. The average molecular weight is 249 g/mol. The van der Waals surface area contributed by atoms with E-state index in [2.05, 4.69) is 4.90 Å². The van der Waals surface area contributed by atoms with Crippen molar-refractivity contribution in [2.45, 2.75) is 31.2 Å². The van der Waals surface area contributed by atoms with Crippen molar-refractivity contribution in [1.29, 1.82) is 0 Å². The summed E-state index contributed by atoms with van der Waals surface area (Å²) in [6, 6.07) is 9.59. The van der Waals surface area contributed by atoms with Crippen LogP contribution in [-0.4, -0.2) is 42.2 Å². The number of alkyl halides is 1. The lowest BCUT2D eigenvalue weighted by Crippen LogP contribution is -2.62. The molecule has 18 heavy (non-hydrogen) atoms. The summed E-state index contributed by atoms with van der Waals surface area (Å²) >= 11 is 0. The monoisotopic (exact) mass is 249 g/mol. The van der Waals surface area contributed by atoms with E-state index in [1.165, 1.54) is 0 Å². The summed E-state index contributed by atoms with van der Waals surface area (Å²) < 4.78 is 19.3. The van der Waals surface area contributed by atoms with E-state index in [1.807, 2.05) is 30.3 Å². The Morgan fingerprint density at radius 1 is 1.28 bits per heavy atom. The predicted octanol–water partition coefficient (Wildman–Crippen LogP) is 1.57. The Kier molecular flexibility index (Phi) is 3.14. The number of piperidine rings is 1. The van der Waals surface area contributed by atoms with Crippen LogP contribution in [0, 0.1) is 0 Å². The minimum atomic E-state index is -1.40. The maximum absolute atomic E-state index is 13.9. The minimum absolute atomic E-state index is 0.0310. The van der Waals surface area contributed by atoms with Gasteiger partial charge in [-0.2, -0.15) is 0 Å². The van der Waals surface area contributed by atoms with Gasteiger partial charge in [-0.25, -0.2) is 4.39 Å². The molecule has 0 amide bonds. The number of Topliss-reactive ketones (excluding diaryl/α,β-unsaturated/α-hetero) is 1. The molecule has 2 aliphatic heterocycles. The molecule has 2 saturated heterocycles. The number of hydrogen-bond donors (Lipinski definition) is 0. The molecule has 2 fully saturated rings. The zero-order chi connectivity index (χ0) is 12.5. The molecule has 2 aliphatic rings. The number of halogens is 1. The van der Waals surface area contributed by atoms with Crippen LogP contribution in [0.5, 0.6) is 0 Å². The zero-order valence-electron chi connectivity index (χ0n) is 10.1. The molecule has 1 aromatic rings. The van der Waals surface area contributed by atoms with E-state index in [-0.39, 0.29) is 18.2 Å². The van der Waals surface area contributed by atoms with Crippen molar-refractivity contribution in [1.82, 2.24) is 4.90 Å². The lowest BCUT2D eigenvalue weighted by atomic mass is 9.91. The van der Waals surface area contributed by atoms with Crippen LogP contribution in [0.25, 0.3) is 0 Å². The SMILES string of the molecule is O=C1CC2COCC(C1F)N2Cc1ccccc1. The fraction of sp³-hybridized carbons (Fsp3) is 0.500. The largest absolute Gasteiger partial charge is 0.378 e. The third-order valence-corrected chi connectivity index (χ3v) is 3.78. The number of hydrogen-bond acceptors (Lipinski definition) is 3. The molecule has 0 aliphatic carbocycles. The van der Waals surface area contributed by atoms with E-state index < -0.39 is 12.2 Å². The van der Waals surface area contributed by atoms with Gasteiger partial charge in [0.05, 0.1) is 19.3 Å². The normalized spacial score (nSPS) is 32.5. The molecule has 0 saturated carbocycles. The number of fused-ring (bicyclic) bond motifs is 2. The molecule has 2 heterocycles. The second-order valence-corrected chi connectivity index (χ2v) is 4.99. The van der Waals surface area contributed by atoms with Gasteiger partial charge in [-0.15, -0.1) is 0 Å². The van der Waals surface area contributed by atoms with Crippen molar-refractivity contribution >= 4 is 5.78 Å². The molecular formula is C14H16FNO2. The van der Waals surface area contributed by atoms with E-state index in [4.69, 9.17) is 4.74 Å². The lowest BCUT2D eigenvalue weighted by Gasteiger charge is -2.46. The summed E-state index contributed by atoms with van der Waals surface area (Å²) in [6.45, 7) is 1.53. The molecule has 3 unspecified atom stereocenters. The first kappa shape index (κ1) is 11.8. The average Bonchev–Trinajstić information content (AvgIpc) is 2.39. The highest BCUT2D eigenvalue weighted by atomic mass is 19.1. The van der Waals surface area contributed by atoms with E-state index in [9.17, 15) is 9.18 Å². The van der Waals surface area contributed by atoms with Crippen LogP contribution < -0.4 is 0 Å². The molecule has 0 aromatic heterocycles. The molecule has 3 rings (SSSR count). The number of rotatable bonds is 2. The van der Waals surface area contributed by atoms with Crippen molar-refractivity contribution in [2.24, 2.45) is 0 Å². The first-order valence-corrected chi connectivity index (χ1v) is 6.30. The summed E-state index contributed by atoms with van der Waals surface area (Å²) in [4.78, 5) is 13.6. The topological polar surface area (TPSA) is 29.5 Å². The van der Waals surface area contributed by atoms with Crippen LogP contribution in [0.3, 0.4) is 0 Å². The third kappa shape index (κ3) is 2.06. The van der Waals surface area contributed by atoms with Gasteiger partial charge < -0.3 is 4.74 Å². The molecule has 3 atom stereocenters. The van der Waals surface area contributed by atoms with E-state index in [1.54, 1.807) is 0 Å². The number of carbonyl (C=O) groups excluding carboxylic acids is 1. The van der Waals surface area contributed by atoms with Crippen LogP contribution in [0.2, 0.25) is 0 Å². The maximum atomic E-state index is 13.9. The maximum Gasteiger partial charge on any atom is 0.176 e. The quantitative estimate of drug-likeness (QED) is 0.796. The first-order chi connectivity index (χ1) is 8.75. The standard InChI is InChI=1S/C14H16FNO2/c15-14-12-9-18-8-11(6-13(14)17)16(12)7-10-4-2-1-3-5-10/h1-5,11-12,14H,6-9H2. The van der Waals surface area contributed by atoms with Crippen molar-refractivity contribution in [3.8, 4) is 0 Å². The molecule has 0 radical (unpaired) electrons. The summed E-state index contributed by atoms with van der Waals surface area (Å²) in [5.74, 6) is -0.266. The van der Waals surface area contributed by atoms with Crippen molar-refractivity contribution < 1.29 is 13.9 Å². The molecule has 0 spiro atoms. The Labute approximate surface area is 106 Å². The summed E-state index contributed by atoms with van der Waals surface area (Å²) in [6.07, 6.45) is -1.13. The van der Waals surface area contributed by atoms with Gasteiger partial charge in [0.2, 0.25) is 0 Å². The van der Waals surface area contributed by atoms with Gasteiger partial charge in [0, 0.05) is 19.0 Å². The van der Waals surface area contributed by atoms with E-state index >= 15 is 0 Å². The van der Waals surface area contributed by atoms with Crippen LogP contribution in [0.1, 0.15) is 12.0 Å². The zero-order valence-corrected chi connectivity index (χ0v) is 10.1. The van der Waals surface area contributed by atoms with Gasteiger partial charge in [0.15, 0.2) is 12.0 Å². The van der Waals surface area contributed by atoms with E-state index in [0.717, 1.165) is 5.56 Å². The fourth-order valence-electron chi connectivity index (χ4n) is 2.82. The lowest BCUT2D eigenvalue weighted by molar-refractivity contribution is -0.149. The van der Waals surface area contributed by atoms with E-state index in [0.29, 0.717) is 19.8 Å². The highest BCUT2D eigenvalue weighted by Crippen LogP contribution is 2.29. The number of carbonyl (C=O) groups is 1. The molecular weight excluding hydrogens is 233 g/mol. The summed E-state index contributed by atoms with van der Waals surface area (Å²) in [7, 11) is 0.